The fourth-order valence-corrected chi connectivity index (χ4v) is 3.71. The molecule has 8 nitrogen and oxygen atoms in total. The van der Waals surface area contributed by atoms with Crippen molar-refractivity contribution in [3.05, 3.63) is 65.6 Å². The van der Waals surface area contributed by atoms with Crippen LogP contribution in [0.1, 0.15) is 22.2 Å². The van der Waals surface area contributed by atoms with Crippen molar-refractivity contribution in [3.63, 3.8) is 0 Å². The minimum absolute atomic E-state index is 0.0469. The first-order valence-corrected chi connectivity index (χ1v) is 9.28. The third kappa shape index (κ3) is 3.44. The van der Waals surface area contributed by atoms with E-state index in [-0.39, 0.29) is 11.3 Å². The highest BCUT2D eigenvalue weighted by Crippen LogP contribution is 2.37. The van der Waals surface area contributed by atoms with Gasteiger partial charge in [0.05, 0.1) is 38.6 Å². The van der Waals surface area contributed by atoms with Crippen LogP contribution in [0.3, 0.4) is 0 Å². The van der Waals surface area contributed by atoms with Crippen molar-refractivity contribution in [1.29, 1.82) is 0 Å². The van der Waals surface area contributed by atoms with Crippen LogP contribution in [0.5, 0.6) is 0 Å². The summed E-state index contributed by atoms with van der Waals surface area (Å²) in [6.45, 7) is 4.13. The predicted octanol–water partition coefficient (Wildman–Crippen LogP) is -1.03. The summed E-state index contributed by atoms with van der Waals surface area (Å²) >= 11 is 0. The fourth-order valence-electron chi connectivity index (χ4n) is 3.71. The van der Waals surface area contributed by atoms with Crippen molar-refractivity contribution < 1.29 is 28.7 Å². The van der Waals surface area contributed by atoms with Gasteiger partial charge in [0.15, 0.2) is 5.76 Å². The van der Waals surface area contributed by atoms with E-state index < -0.39 is 23.5 Å². The number of Topliss-reactive ketones (excluding diaryl/α,β-unsaturated/α-hetero) is 1. The number of pyridine rings is 1. The minimum Gasteiger partial charge on any atom is -0.868 e. The molecule has 0 bridgehead atoms. The lowest BCUT2D eigenvalue weighted by Crippen LogP contribution is -3.14. The number of quaternary nitrogens is 1. The van der Waals surface area contributed by atoms with Gasteiger partial charge in [-0.2, -0.15) is 0 Å². The molecule has 0 aliphatic carbocycles. The Morgan fingerprint density at radius 1 is 1.29 bits per heavy atom. The molecule has 1 fully saturated rings. The second-order valence-electron chi connectivity index (χ2n) is 6.85. The molecule has 4 heterocycles. The normalized spacial score (nSPS) is 20.8. The van der Waals surface area contributed by atoms with Gasteiger partial charge in [-0.1, -0.05) is 6.07 Å². The maximum atomic E-state index is 12.9. The Hall–Kier alpha value is -2.97. The molecule has 1 saturated heterocycles. The number of hydrogen-bond donors (Lipinski definition) is 1. The monoisotopic (exact) mass is 383 g/mol. The molecule has 1 unspecified atom stereocenters. The van der Waals surface area contributed by atoms with Gasteiger partial charge in [0, 0.05) is 18.0 Å². The molecular weight excluding hydrogens is 362 g/mol. The first-order valence-electron chi connectivity index (χ1n) is 9.28. The topological polar surface area (TPSA) is 100 Å². The lowest BCUT2D eigenvalue weighted by molar-refractivity contribution is -0.907. The highest BCUT2D eigenvalue weighted by atomic mass is 16.5. The summed E-state index contributed by atoms with van der Waals surface area (Å²) in [5.74, 6) is -1.94. The molecule has 0 aromatic carbocycles. The Kier molecular flexibility index (Phi) is 5.23. The smallest absolute Gasteiger partial charge is 0.240 e. The van der Waals surface area contributed by atoms with Crippen LogP contribution >= 0.6 is 0 Å². The summed E-state index contributed by atoms with van der Waals surface area (Å²) in [4.78, 5) is 32.6. The standard InChI is InChI=1S/C20H21N3O5/c24-18(15-4-2-10-28-15)16-17(14-3-1-5-21-13-14)23(20(26)19(16)25)7-6-22-8-11-27-12-9-22/h1-5,10,13,17,25H,6-9,11-12H2. The Labute approximate surface area is 162 Å². The summed E-state index contributed by atoms with van der Waals surface area (Å²) in [5.41, 5.74) is 0.554. The van der Waals surface area contributed by atoms with Gasteiger partial charge < -0.3 is 24.1 Å². The van der Waals surface area contributed by atoms with E-state index in [9.17, 15) is 14.7 Å². The molecule has 28 heavy (non-hydrogen) atoms. The van der Waals surface area contributed by atoms with Gasteiger partial charge in [-0.3, -0.25) is 14.6 Å². The zero-order valence-corrected chi connectivity index (χ0v) is 15.3. The second-order valence-corrected chi connectivity index (χ2v) is 6.85. The second kappa shape index (κ2) is 7.95. The lowest BCUT2D eigenvalue weighted by Gasteiger charge is -2.30. The number of ketones is 1. The third-order valence-corrected chi connectivity index (χ3v) is 5.18. The molecule has 4 rings (SSSR count). The lowest BCUT2D eigenvalue weighted by atomic mass is 9.96. The number of rotatable bonds is 6. The van der Waals surface area contributed by atoms with Gasteiger partial charge in [-0.25, -0.2) is 0 Å². The van der Waals surface area contributed by atoms with Crippen LogP contribution < -0.4 is 10.0 Å². The Morgan fingerprint density at radius 3 is 2.79 bits per heavy atom. The molecule has 2 aromatic heterocycles. The summed E-state index contributed by atoms with van der Waals surface area (Å²) in [7, 11) is 0. The van der Waals surface area contributed by atoms with E-state index in [1.54, 1.807) is 30.6 Å². The van der Waals surface area contributed by atoms with E-state index in [0.29, 0.717) is 31.9 Å². The van der Waals surface area contributed by atoms with Crippen molar-refractivity contribution >= 4 is 11.7 Å². The number of hydrogen-bond acceptors (Lipinski definition) is 6. The summed E-state index contributed by atoms with van der Waals surface area (Å²) < 4.78 is 10.5. The van der Waals surface area contributed by atoms with Crippen LogP contribution in [0.4, 0.5) is 0 Å². The number of morpholine rings is 1. The number of aromatic nitrogens is 1. The van der Waals surface area contributed by atoms with E-state index in [0.717, 1.165) is 13.1 Å². The zero-order valence-electron chi connectivity index (χ0n) is 15.3. The van der Waals surface area contributed by atoms with Crippen LogP contribution in [0.2, 0.25) is 0 Å². The van der Waals surface area contributed by atoms with E-state index in [2.05, 4.69) is 4.98 Å². The number of nitrogens with one attached hydrogen (secondary N) is 1. The van der Waals surface area contributed by atoms with Gasteiger partial charge >= 0.3 is 0 Å². The maximum Gasteiger partial charge on any atom is 0.240 e. The first-order chi connectivity index (χ1) is 13.7. The highest BCUT2D eigenvalue weighted by Gasteiger charge is 2.40. The highest BCUT2D eigenvalue weighted by molar-refractivity contribution is 6.14. The van der Waals surface area contributed by atoms with Gasteiger partial charge in [0.1, 0.15) is 13.1 Å². The molecule has 0 saturated carbocycles. The largest absolute Gasteiger partial charge is 0.868 e. The van der Waals surface area contributed by atoms with Crippen LogP contribution in [0.15, 0.2) is 58.7 Å². The summed E-state index contributed by atoms with van der Waals surface area (Å²) in [5, 5.41) is 12.7. The van der Waals surface area contributed by atoms with E-state index in [1.165, 1.54) is 22.1 Å². The van der Waals surface area contributed by atoms with E-state index in [4.69, 9.17) is 9.15 Å². The SMILES string of the molecule is O=C(C1=C([O-])C(=O)N(CC[NH+]2CCOCC2)C1c1cccnc1)c1ccco1. The van der Waals surface area contributed by atoms with Crippen molar-refractivity contribution in [2.75, 3.05) is 39.4 Å². The van der Waals surface area contributed by atoms with Gasteiger partial charge in [-0.05, 0) is 29.5 Å². The molecule has 1 N–H and O–H groups in total. The molecule has 0 spiro atoms. The average molecular weight is 383 g/mol. The molecule has 2 aliphatic heterocycles. The fraction of sp³-hybridized carbons (Fsp3) is 0.350. The molecule has 2 aromatic rings. The van der Waals surface area contributed by atoms with E-state index >= 15 is 0 Å². The molecule has 1 atom stereocenters. The third-order valence-electron chi connectivity index (χ3n) is 5.18. The average Bonchev–Trinajstić information content (AvgIpc) is 3.36. The number of amides is 1. The zero-order chi connectivity index (χ0) is 19.5. The predicted molar refractivity (Wildman–Crippen MR) is 95.1 cm³/mol. The van der Waals surface area contributed by atoms with E-state index in [1.807, 2.05) is 0 Å². The molecule has 8 heteroatoms. The Bertz CT molecular complexity index is 873. The number of carbonyl (C=O) groups excluding carboxylic acids is 2. The number of ether oxygens (including phenoxy) is 1. The van der Waals surface area contributed by atoms with Crippen LogP contribution in [-0.2, 0) is 9.53 Å². The van der Waals surface area contributed by atoms with Crippen molar-refractivity contribution in [2.45, 2.75) is 6.04 Å². The van der Waals surface area contributed by atoms with Gasteiger partial charge in [0.2, 0.25) is 11.7 Å². The number of furan rings is 1. The minimum atomic E-state index is -0.771. The number of carbonyl (C=O) groups is 2. The van der Waals surface area contributed by atoms with Crippen molar-refractivity contribution in [1.82, 2.24) is 9.88 Å². The van der Waals surface area contributed by atoms with Crippen LogP contribution in [-0.4, -0.2) is 61.0 Å². The summed E-state index contributed by atoms with van der Waals surface area (Å²) in [6.07, 6.45) is 4.56. The quantitative estimate of drug-likeness (QED) is 0.641. The number of nitrogens with zero attached hydrogens (tertiary/aromatic N) is 2. The van der Waals surface area contributed by atoms with Crippen LogP contribution in [0.25, 0.3) is 0 Å². The van der Waals surface area contributed by atoms with Crippen molar-refractivity contribution in [2.24, 2.45) is 0 Å². The summed E-state index contributed by atoms with van der Waals surface area (Å²) in [6, 6.07) is 5.81. The first kappa shape index (κ1) is 18.4. The van der Waals surface area contributed by atoms with Crippen LogP contribution in [0, 0.1) is 0 Å². The Morgan fingerprint density at radius 2 is 2.11 bits per heavy atom. The molecule has 2 aliphatic rings. The van der Waals surface area contributed by atoms with Crippen molar-refractivity contribution in [3.8, 4) is 0 Å². The molecule has 146 valence electrons. The van der Waals surface area contributed by atoms with Gasteiger partial charge in [-0.15, -0.1) is 0 Å². The molecular formula is C20H21N3O5. The maximum absolute atomic E-state index is 12.9. The Balaban J connectivity index is 1.64. The molecule has 0 radical (unpaired) electrons. The van der Waals surface area contributed by atoms with Gasteiger partial charge in [0.25, 0.3) is 0 Å². The molecule has 1 amide bonds.